The van der Waals surface area contributed by atoms with Gasteiger partial charge in [0.1, 0.15) is 0 Å². The summed E-state index contributed by atoms with van der Waals surface area (Å²) in [7, 11) is 3.93. The number of carbonyl (C=O) groups excluding carboxylic acids is 1. The fourth-order valence-electron chi connectivity index (χ4n) is 2.45. The summed E-state index contributed by atoms with van der Waals surface area (Å²) in [6.07, 6.45) is 0. The third kappa shape index (κ3) is 4.82. The molecule has 0 radical (unpaired) electrons. The molecule has 0 aliphatic carbocycles. The molecule has 1 fully saturated rings. The molecule has 1 saturated heterocycles. The van der Waals surface area contributed by atoms with Crippen molar-refractivity contribution in [2.75, 3.05) is 58.3 Å². The summed E-state index contributed by atoms with van der Waals surface area (Å²) in [6.45, 7) is 4.18. The summed E-state index contributed by atoms with van der Waals surface area (Å²) in [5.74, 6) is 0. The SMILES string of the molecule is CN(C)CCNC(=O)N1CCN(c2ccc([N+](=O)[O-])cc2)CC1. The van der Waals surface area contributed by atoms with Gasteiger partial charge < -0.3 is 20.0 Å². The van der Waals surface area contributed by atoms with Gasteiger partial charge in [-0.05, 0) is 26.2 Å². The number of benzene rings is 1. The molecular formula is C15H23N5O3. The van der Waals surface area contributed by atoms with Crippen LogP contribution in [0.4, 0.5) is 16.2 Å². The molecule has 1 aliphatic rings. The van der Waals surface area contributed by atoms with E-state index in [0.29, 0.717) is 19.6 Å². The molecule has 1 aliphatic heterocycles. The number of amides is 2. The largest absolute Gasteiger partial charge is 0.368 e. The molecule has 0 atom stereocenters. The lowest BCUT2D eigenvalue weighted by atomic mass is 10.2. The number of anilines is 1. The van der Waals surface area contributed by atoms with E-state index in [1.165, 1.54) is 12.1 Å². The van der Waals surface area contributed by atoms with E-state index in [9.17, 15) is 14.9 Å². The average molecular weight is 321 g/mol. The summed E-state index contributed by atoms with van der Waals surface area (Å²) >= 11 is 0. The van der Waals surface area contributed by atoms with E-state index in [0.717, 1.165) is 25.3 Å². The summed E-state index contributed by atoms with van der Waals surface area (Å²) < 4.78 is 0. The highest BCUT2D eigenvalue weighted by Crippen LogP contribution is 2.20. The second-order valence-corrected chi connectivity index (χ2v) is 5.78. The number of non-ortho nitro benzene ring substituents is 1. The Labute approximate surface area is 135 Å². The van der Waals surface area contributed by atoms with Crippen LogP contribution < -0.4 is 10.2 Å². The molecule has 2 rings (SSSR count). The van der Waals surface area contributed by atoms with Crippen LogP contribution in [0.1, 0.15) is 0 Å². The van der Waals surface area contributed by atoms with E-state index in [2.05, 4.69) is 10.2 Å². The topological polar surface area (TPSA) is 82.0 Å². The van der Waals surface area contributed by atoms with Crippen LogP contribution in [0, 0.1) is 10.1 Å². The smallest absolute Gasteiger partial charge is 0.317 e. The van der Waals surface area contributed by atoms with E-state index in [-0.39, 0.29) is 11.7 Å². The fourth-order valence-corrected chi connectivity index (χ4v) is 2.45. The van der Waals surface area contributed by atoms with Crippen molar-refractivity contribution in [2.24, 2.45) is 0 Å². The highest BCUT2D eigenvalue weighted by molar-refractivity contribution is 5.74. The molecular weight excluding hydrogens is 298 g/mol. The number of nitro benzene ring substituents is 1. The zero-order chi connectivity index (χ0) is 16.8. The van der Waals surface area contributed by atoms with Gasteiger partial charge >= 0.3 is 6.03 Å². The molecule has 1 aromatic rings. The average Bonchev–Trinajstić information content (AvgIpc) is 2.54. The molecule has 23 heavy (non-hydrogen) atoms. The van der Waals surface area contributed by atoms with Crippen LogP contribution in [0.5, 0.6) is 0 Å². The molecule has 1 aromatic carbocycles. The Kier molecular flexibility index (Phi) is 5.75. The van der Waals surface area contributed by atoms with Gasteiger partial charge in [0, 0.05) is 57.1 Å². The van der Waals surface area contributed by atoms with Crippen LogP contribution >= 0.6 is 0 Å². The molecule has 0 unspecified atom stereocenters. The lowest BCUT2D eigenvalue weighted by Crippen LogP contribution is -2.52. The zero-order valence-corrected chi connectivity index (χ0v) is 13.6. The Balaban J connectivity index is 1.81. The maximum absolute atomic E-state index is 12.0. The molecule has 8 nitrogen and oxygen atoms in total. The maximum atomic E-state index is 12.0. The van der Waals surface area contributed by atoms with E-state index in [4.69, 9.17) is 0 Å². The number of hydrogen-bond donors (Lipinski definition) is 1. The van der Waals surface area contributed by atoms with Gasteiger partial charge in [-0.15, -0.1) is 0 Å². The standard InChI is InChI=1S/C15H23N5O3/c1-17(2)8-7-16-15(21)19-11-9-18(10-12-19)13-3-5-14(6-4-13)20(22)23/h3-6H,7-12H2,1-2H3,(H,16,21). The minimum absolute atomic E-state index is 0.0322. The van der Waals surface area contributed by atoms with Gasteiger partial charge in [-0.2, -0.15) is 0 Å². The third-order valence-corrected chi connectivity index (χ3v) is 3.83. The number of urea groups is 1. The van der Waals surface area contributed by atoms with E-state index < -0.39 is 4.92 Å². The first kappa shape index (κ1) is 17.0. The van der Waals surface area contributed by atoms with Crippen molar-refractivity contribution < 1.29 is 9.72 Å². The lowest BCUT2D eigenvalue weighted by Gasteiger charge is -2.36. The molecule has 0 aromatic heterocycles. The van der Waals surface area contributed by atoms with Gasteiger partial charge in [0.15, 0.2) is 0 Å². The van der Waals surface area contributed by atoms with E-state index in [1.807, 2.05) is 19.0 Å². The Bertz CT molecular complexity index is 539. The third-order valence-electron chi connectivity index (χ3n) is 3.83. The van der Waals surface area contributed by atoms with Crippen LogP contribution in [0.2, 0.25) is 0 Å². The number of hydrogen-bond acceptors (Lipinski definition) is 5. The van der Waals surface area contributed by atoms with Crippen LogP contribution in [0.15, 0.2) is 24.3 Å². The van der Waals surface area contributed by atoms with Crippen LogP contribution in [-0.4, -0.2) is 74.1 Å². The first-order valence-corrected chi connectivity index (χ1v) is 7.64. The Morgan fingerprint density at radius 3 is 2.35 bits per heavy atom. The maximum Gasteiger partial charge on any atom is 0.317 e. The van der Waals surface area contributed by atoms with Crippen LogP contribution in [-0.2, 0) is 0 Å². The summed E-state index contributed by atoms with van der Waals surface area (Å²) in [5.41, 5.74) is 1.04. The molecule has 1 N–H and O–H groups in total. The minimum atomic E-state index is -0.403. The van der Waals surface area contributed by atoms with Gasteiger partial charge in [-0.1, -0.05) is 0 Å². The molecule has 1 heterocycles. The van der Waals surface area contributed by atoms with Crippen molar-refractivity contribution in [1.29, 1.82) is 0 Å². The molecule has 0 spiro atoms. The Morgan fingerprint density at radius 1 is 1.22 bits per heavy atom. The first-order valence-electron chi connectivity index (χ1n) is 7.64. The van der Waals surface area contributed by atoms with Crippen molar-refractivity contribution in [2.45, 2.75) is 0 Å². The van der Waals surface area contributed by atoms with Gasteiger partial charge in [-0.3, -0.25) is 10.1 Å². The summed E-state index contributed by atoms with van der Waals surface area (Å²) in [4.78, 5) is 28.3. The number of nitrogens with zero attached hydrogens (tertiary/aromatic N) is 4. The summed E-state index contributed by atoms with van der Waals surface area (Å²) in [5, 5.41) is 13.6. The second kappa shape index (κ2) is 7.77. The highest BCUT2D eigenvalue weighted by atomic mass is 16.6. The van der Waals surface area contributed by atoms with E-state index in [1.54, 1.807) is 17.0 Å². The van der Waals surface area contributed by atoms with Crippen molar-refractivity contribution in [3.8, 4) is 0 Å². The summed E-state index contributed by atoms with van der Waals surface area (Å²) in [6, 6.07) is 6.50. The molecule has 2 amide bonds. The monoisotopic (exact) mass is 321 g/mol. The molecule has 8 heteroatoms. The van der Waals surface area contributed by atoms with Crippen LogP contribution in [0.25, 0.3) is 0 Å². The molecule has 0 saturated carbocycles. The number of carbonyl (C=O) groups is 1. The predicted octanol–water partition coefficient (Wildman–Crippen LogP) is 0.988. The molecule has 0 bridgehead atoms. The van der Waals surface area contributed by atoms with Gasteiger partial charge in [0.05, 0.1) is 4.92 Å². The van der Waals surface area contributed by atoms with E-state index >= 15 is 0 Å². The van der Waals surface area contributed by atoms with Crippen molar-refractivity contribution in [1.82, 2.24) is 15.1 Å². The van der Waals surface area contributed by atoms with Gasteiger partial charge in [0.2, 0.25) is 0 Å². The number of nitrogens with one attached hydrogen (secondary N) is 1. The number of nitro groups is 1. The number of rotatable bonds is 5. The Morgan fingerprint density at radius 2 is 1.83 bits per heavy atom. The zero-order valence-electron chi connectivity index (χ0n) is 13.6. The molecule has 126 valence electrons. The first-order chi connectivity index (χ1) is 11.0. The van der Waals surface area contributed by atoms with Gasteiger partial charge in [-0.25, -0.2) is 4.79 Å². The Hall–Kier alpha value is -2.35. The van der Waals surface area contributed by atoms with Crippen molar-refractivity contribution in [3.05, 3.63) is 34.4 Å². The number of piperazine rings is 1. The minimum Gasteiger partial charge on any atom is -0.368 e. The normalized spacial score (nSPS) is 14.9. The van der Waals surface area contributed by atoms with Crippen LogP contribution in [0.3, 0.4) is 0 Å². The number of likely N-dealkylation sites (N-methyl/N-ethyl adjacent to an activating group) is 1. The fraction of sp³-hybridized carbons (Fsp3) is 0.533. The van der Waals surface area contributed by atoms with Crippen molar-refractivity contribution >= 4 is 17.4 Å². The second-order valence-electron chi connectivity index (χ2n) is 5.78. The quantitative estimate of drug-likeness (QED) is 0.646. The van der Waals surface area contributed by atoms with Crippen molar-refractivity contribution in [3.63, 3.8) is 0 Å². The highest BCUT2D eigenvalue weighted by Gasteiger charge is 2.21. The van der Waals surface area contributed by atoms with Gasteiger partial charge in [0.25, 0.3) is 5.69 Å². The lowest BCUT2D eigenvalue weighted by molar-refractivity contribution is -0.384. The predicted molar refractivity (Wildman–Crippen MR) is 88.8 cm³/mol.